The first-order valence-corrected chi connectivity index (χ1v) is 10.6. The lowest BCUT2D eigenvalue weighted by atomic mass is 10.2. The lowest BCUT2D eigenvalue weighted by molar-refractivity contribution is -0.123. The predicted molar refractivity (Wildman–Crippen MR) is 128 cm³/mol. The Labute approximate surface area is 201 Å². The second-order valence-corrected chi connectivity index (χ2v) is 7.47. The number of rotatable bonds is 10. The van der Waals surface area contributed by atoms with E-state index in [0.29, 0.717) is 44.2 Å². The molecule has 0 heterocycles. The summed E-state index contributed by atoms with van der Waals surface area (Å²) in [5, 5.41) is 5.00. The van der Waals surface area contributed by atoms with Crippen molar-refractivity contribution in [3.63, 3.8) is 0 Å². The van der Waals surface area contributed by atoms with Gasteiger partial charge < -0.3 is 18.9 Å². The summed E-state index contributed by atoms with van der Waals surface area (Å²) in [7, 11) is 3.09. The number of benzene rings is 3. The van der Waals surface area contributed by atoms with E-state index in [-0.39, 0.29) is 13.2 Å². The van der Waals surface area contributed by atoms with Crippen LogP contribution in [0.4, 0.5) is 0 Å². The van der Waals surface area contributed by atoms with Gasteiger partial charge in [-0.15, -0.1) is 0 Å². The molecule has 0 saturated carbocycles. The number of carbonyl (C=O) groups excluding carboxylic acids is 1. The van der Waals surface area contributed by atoms with Crippen molar-refractivity contribution in [2.45, 2.75) is 6.61 Å². The van der Waals surface area contributed by atoms with E-state index >= 15 is 0 Å². The maximum absolute atomic E-state index is 12.0. The molecule has 0 saturated heterocycles. The highest BCUT2D eigenvalue weighted by Gasteiger charge is 2.10. The number of hydrazone groups is 1. The fourth-order valence-corrected chi connectivity index (χ4v) is 3.26. The number of hydrogen-bond donors (Lipinski definition) is 1. The molecule has 0 aromatic heterocycles. The van der Waals surface area contributed by atoms with Crippen LogP contribution in [0.15, 0.2) is 65.8 Å². The minimum atomic E-state index is -0.405. The van der Waals surface area contributed by atoms with E-state index in [9.17, 15) is 4.79 Å². The van der Waals surface area contributed by atoms with E-state index in [2.05, 4.69) is 10.5 Å². The summed E-state index contributed by atoms with van der Waals surface area (Å²) in [6, 6.07) is 17.5. The highest BCUT2D eigenvalue weighted by molar-refractivity contribution is 6.35. The second-order valence-electron chi connectivity index (χ2n) is 6.66. The van der Waals surface area contributed by atoms with Gasteiger partial charge in [-0.1, -0.05) is 35.3 Å². The van der Waals surface area contributed by atoms with Gasteiger partial charge >= 0.3 is 0 Å². The third-order valence-electron chi connectivity index (χ3n) is 4.44. The topological polar surface area (TPSA) is 78.4 Å². The Hall–Kier alpha value is -3.42. The molecule has 3 rings (SSSR count). The van der Waals surface area contributed by atoms with Crippen LogP contribution in [0.3, 0.4) is 0 Å². The summed E-state index contributed by atoms with van der Waals surface area (Å²) in [5.41, 5.74) is 3.80. The van der Waals surface area contributed by atoms with Crippen LogP contribution in [-0.2, 0) is 11.4 Å². The van der Waals surface area contributed by atoms with E-state index in [1.807, 2.05) is 0 Å². The van der Waals surface area contributed by atoms with Gasteiger partial charge in [0, 0.05) is 21.7 Å². The third kappa shape index (κ3) is 7.03. The van der Waals surface area contributed by atoms with Crippen LogP contribution in [0.25, 0.3) is 0 Å². The van der Waals surface area contributed by atoms with Crippen LogP contribution >= 0.6 is 23.2 Å². The van der Waals surface area contributed by atoms with Crippen molar-refractivity contribution >= 4 is 35.3 Å². The molecule has 0 fully saturated rings. The van der Waals surface area contributed by atoms with Gasteiger partial charge in [-0.3, -0.25) is 4.79 Å². The molecule has 3 aromatic carbocycles. The van der Waals surface area contributed by atoms with Crippen LogP contribution in [-0.4, -0.2) is 32.9 Å². The molecule has 0 radical (unpaired) electrons. The molecule has 0 aliphatic carbocycles. The molecule has 0 bridgehead atoms. The molecule has 7 nitrogen and oxygen atoms in total. The fourth-order valence-electron chi connectivity index (χ4n) is 2.75. The Morgan fingerprint density at radius 1 is 0.909 bits per heavy atom. The van der Waals surface area contributed by atoms with E-state index in [1.165, 1.54) is 13.3 Å². The number of hydrogen-bond acceptors (Lipinski definition) is 6. The zero-order chi connectivity index (χ0) is 23.6. The number of ether oxygens (including phenoxy) is 4. The molecule has 0 aliphatic heterocycles. The highest BCUT2D eigenvalue weighted by Crippen LogP contribution is 2.31. The standard InChI is InChI=1S/C24H22Cl2N2O5/c1-30-17-5-3-6-18(12-17)32-15-24(29)28-27-13-16-9-10-22(23(11-16)31-2)33-14-19-20(25)7-4-8-21(19)26/h3-13H,14-15H2,1-2H3,(H,28,29)/b27-13+. The van der Waals surface area contributed by atoms with Crippen LogP contribution in [0.1, 0.15) is 11.1 Å². The Kier molecular flexibility index (Phi) is 8.80. The van der Waals surface area contributed by atoms with Gasteiger partial charge in [0.2, 0.25) is 0 Å². The van der Waals surface area contributed by atoms with E-state index in [1.54, 1.807) is 67.8 Å². The summed E-state index contributed by atoms with van der Waals surface area (Å²) < 4.78 is 21.8. The van der Waals surface area contributed by atoms with Crippen molar-refractivity contribution in [2.24, 2.45) is 5.10 Å². The number of carbonyl (C=O) groups is 1. The molecule has 3 aromatic rings. The fraction of sp³-hybridized carbons (Fsp3) is 0.167. The first-order chi connectivity index (χ1) is 16.0. The van der Waals surface area contributed by atoms with Crippen molar-refractivity contribution in [1.82, 2.24) is 5.43 Å². The van der Waals surface area contributed by atoms with Gasteiger partial charge in [-0.2, -0.15) is 5.10 Å². The monoisotopic (exact) mass is 488 g/mol. The summed E-state index contributed by atoms with van der Waals surface area (Å²) in [6.07, 6.45) is 1.49. The van der Waals surface area contributed by atoms with Gasteiger partial charge in [-0.25, -0.2) is 5.43 Å². The average Bonchev–Trinajstić information content (AvgIpc) is 2.83. The van der Waals surface area contributed by atoms with Crippen LogP contribution in [0.2, 0.25) is 10.0 Å². The number of methoxy groups -OCH3 is 2. The Morgan fingerprint density at radius 2 is 1.64 bits per heavy atom. The molecular weight excluding hydrogens is 467 g/mol. The molecule has 172 valence electrons. The minimum Gasteiger partial charge on any atom is -0.497 e. The van der Waals surface area contributed by atoms with Gasteiger partial charge in [0.05, 0.1) is 20.4 Å². The zero-order valence-corrected chi connectivity index (χ0v) is 19.5. The molecule has 9 heteroatoms. The van der Waals surface area contributed by atoms with Crippen molar-refractivity contribution in [3.8, 4) is 23.0 Å². The van der Waals surface area contributed by atoms with Gasteiger partial charge in [0.25, 0.3) is 5.91 Å². The number of amides is 1. The first-order valence-electron chi connectivity index (χ1n) is 9.82. The lowest BCUT2D eigenvalue weighted by Gasteiger charge is -2.13. The van der Waals surface area contributed by atoms with Gasteiger partial charge in [0.1, 0.15) is 18.1 Å². The maximum atomic E-state index is 12.0. The van der Waals surface area contributed by atoms with Crippen molar-refractivity contribution in [2.75, 3.05) is 20.8 Å². The van der Waals surface area contributed by atoms with Crippen molar-refractivity contribution < 1.29 is 23.7 Å². The lowest BCUT2D eigenvalue weighted by Crippen LogP contribution is -2.24. The third-order valence-corrected chi connectivity index (χ3v) is 5.14. The summed E-state index contributed by atoms with van der Waals surface area (Å²) in [6.45, 7) is -0.00311. The first kappa shape index (κ1) is 24.2. The van der Waals surface area contributed by atoms with E-state index < -0.39 is 5.91 Å². The molecule has 0 spiro atoms. The molecule has 0 aliphatic rings. The van der Waals surface area contributed by atoms with E-state index in [0.717, 1.165) is 0 Å². The van der Waals surface area contributed by atoms with Crippen LogP contribution in [0, 0.1) is 0 Å². The predicted octanol–water partition coefficient (Wildman–Crippen LogP) is 5.12. The second kappa shape index (κ2) is 12.0. The molecule has 0 unspecified atom stereocenters. The zero-order valence-electron chi connectivity index (χ0n) is 18.0. The smallest absolute Gasteiger partial charge is 0.277 e. The Morgan fingerprint density at radius 3 is 2.36 bits per heavy atom. The van der Waals surface area contributed by atoms with Crippen LogP contribution in [0.5, 0.6) is 23.0 Å². The van der Waals surface area contributed by atoms with Crippen LogP contribution < -0.4 is 24.4 Å². The SMILES string of the molecule is COc1cccc(OCC(=O)N/N=C/c2ccc(OCc3c(Cl)cccc3Cl)c(OC)c2)c1. The average molecular weight is 489 g/mol. The van der Waals surface area contributed by atoms with Gasteiger partial charge in [0.15, 0.2) is 18.1 Å². The minimum absolute atomic E-state index is 0.186. The number of halogens is 2. The Balaban J connectivity index is 1.54. The molecule has 1 amide bonds. The quantitative estimate of drug-likeness (QED) is 0.316. The highest BCUT2D eigenvalue weighted by atomic mass is 35.5. The normalized spacial score (nSPS) is 10.7. The molecule has 0 atom stereocenters. The largest absolute Gasteiger partial charge is 0.497 e. The summed E-state index contributed by atoms with van der Waals surface area (Å²) >= 11 is 12.4. The van der Waals surface area contributed by atoms with Gasteiger partial charge in [-0.05, 0) is 48.0 Å². The number of nitrogens with zero attached hydrogens (tertiary/aromatic N) is 1. The molecular formula is C24H22Cl2N2O5. The molecule has 33 heavy (non-hydrogen) atoms. The van der Waals surface area contributed by atoms with E-state index in [4.69, 9.17) is 42.1 Å². The summed E-state index contributed by atoms with van der Waals surface area (Å²) in [4.78, 5) is 12.0. The maximum Gasteiger partial charge on any atom is 0.277 e. The van der Waals surface area contributed by atoms with Crippen molar-refractivity contribution in [1.29, 1.82) is 0 Å². The molecule has 1 N–H and O–H groups in total. The number of nitrogens with one attached hydrogen (secondary N) is 1. The van der Waals surface area contributed by atoms with Crippen molar-refractivity contribution in [3.05, 3.63) is 81.8 Å². The Bertz CT molecular complexity index is 1120. The summed E-state index contributed by atoms with van der Waals surface area (Å²) in [5.74, 6) is 1.77.